The summed E-state index contributed by atoms with van der Waals surface area (Å²) in [5.74, 6) is -0.428. The van der Waals surface area contributed by atoms with Crippen LogP contribution in [0.1, 0.15) is 15.9 Å². The summed E-state index contributed by atoms with van der Waals surface area (Å²) < 4.78 is 15.5. The molecule has 1 heterocycles. The Hall–Kier alpha value is -2.81. The fraction of sp³-hybridized carbons (Fsp3) is 0.312. The van der Waals surface area contributed by atoms with Crippen LogP contribution < -0.4 is 14.2 Å². The zero-order valence-corrected chi connectivity index (χ0v) is 15.1. The zero-order valence-electron chi connectivity index (χ0n) is 14.3. The normalized spacial score (nSPS) is 10.2. The van der Waals surface area contributed by atoms with Crippen molar-refractivity contribution in [2.75, 3.05) is 28.4 Å². The van der Waals surface area contributed by atoms with E-state index in [1.165, 1.54) is 43.6 Å². The molecule has 0 fully saturated rings. The highest BCUT2D eigenvalue weighted by atomic mass is 32.1. The summed E-state index contributed by atoms with van der Waals surface area (Å²) in [6.45, 7) is 0.330. The molecule has 0 aliphatic carbocycles. The van der Waals surface area contributed by atoms with E-state index in [1.54, 1.807) is 7.05 Å². The van der Waals surface area contributed by atoms with E-state index in [0.29, 0.717) is 6.54 Å². The first kappa shape index (κ1) is 18.5. The maximum absolute atomic E-state index is 12.8. The van der Waals surface area contributed by atoms with Crippen molar-refractivity contribution in [2.24, 2.45) is 0 Å². The Balaban J connectivity index is 2.54. The number of nitro benzene ring substituents is 1. The first-order chi connectivity index (χ1) is 11.9. The molecular weight excluding hydrogens is 348 g/mol. The van der Waals surface area contributed by atoms with E-state index in [1.807, 2.05) is 16.8 Å². The summed E-state index contributed by atoms with van der Waals surface area (Å²) in [4.78, 5) is 25.1. The predicted octanol–water partition coefficient (Wildman–Crippen LogP) is 2.95. The molecule has 0 aliphatic heterocycles. The van der Waals surface area contributed by atoms with Crippen molar-refractivity contribution in [3.05, 3.63) is 44.1 Å². The van der Waals surface area contributed by atoms with E-state index >= 15 is 0 Å². The average molecular weight is 366 g/mol. The molecule has 1 amide bonds. The van der Waals surface area contributed by atoms with Crippen molar-refractivity contribution in [3.8, 4) is 17.2 Å². The van der Waals surface area contributed by atoms with Crippen molar-refractivity contribution >= 4 is 22.9 Å². The fourth-order valence-electron chi connectivity index (χ4n) is 2.42. The largest absolute Gasteiger partial charge is 0.493 e. The van der Waals surface area contributed by atoms with Crippen LogP contribution >= 0.6 is 11.3 Å². The van der Waals surface area contributed by atoms with Crippen molar-refractivity contribution in [3.63, 3.8) is 0 Å². The molecule has 1 aromatic heterocycles. The van der Waals surface area contributed by atoms with Crippen molar-refractivity contribution in [2.45, 2.75) is 6.54 Å². The van der Waals surface area contributed by atoms with Crippen LogP contribution in [0.15, 0.2) is 22.9 Å². The molecule has 8 nitrogen and oxygen atoms in total. The van der Waals surface area contributed by atoms with Gasteiger partial charge in [0.25, 0.3) is 5.91 Å². The maximum Gasteiger partial charge on any atom is 0.327 e. The van der Waals surface area contributed by atoms with E-state index in [0.717, 1.165) is 5.56 Å². The predicted molar refractivity (Wildman–Crippen MR) is 92.9 cm³/mol. The summed E-state index contributed by atoms with van der Waals surface area (Å²) in [5, 5.41) is 15.4. The third-order valence-electron chi connectivity index (χ3n) is 3.56. The summed E-state index contributed by atoms with van der Waals surface area (Å²) in [6.07, 6.45) is 0. The number of hydrogen-bond acceptors (Lipinski definition) is 7. The second-order valence-corrected chi connectivity index (χ2v) is 5.87. The summed E-state index contributed by atoms with van der Waals surface area (Å²) in [7, 11) is 5.57. The first-order valence-electron chi connectivity index (χ1n) is 7.18. The molecule has 2 aromatic rings. The lowest BCUT2D eigenvalue weighted by atomic mass is 10.1. The summed E-state index contributed by atoms with van der Waals surface area (Å²) in [5.41, 5.74) is 0.357. The Morgan fingerprint density at radius 2 is 1.92 bits per heavy atom. The third kappa shape index (κ3) is 3.66. The molecule has 0 saturated carbocycles. The van der Waals surface area contributed by atoms with Gasteiger partial charge in [0.2, 0.25) is 11.5 Å². The van der Waals surface area contributed by atoms with Gasteiger partial charge in [-0.15, -0.1) is 0 Å². The number of methoxy groups -OCH3 is 3. The smallest absolute Gasteiger partial charge is 0.327 e. The lowest BCUT2D eigenvalue weighted by Crippen LogP contribution is -2.27. The Labute approximate surface area is 148 Å². The van der Waals surface area contributed by atoms with Crippen LogP contribution in [0.25, 0.3) is 0 Å². The minimum atomic E-state index is -0.660. The molecule has 9 heteroatoms. The van der Waals surface area contributed by atoms with Crippen LogP contribution in [0.5, 0.6) is 17.2 Å². The minimum absolute atomic E-state index is 0.0636. The van der Waals surface area contributed by atoms with Crippen LogP contribution in [-0.4, -0.2) is 44.1 Å². The van der Waals surface area contributed by atoms with Crippen LogP contribution in [0, 0.1) is 10.1 Å². The molecule has 0 radical (unpaired) electrons. The molecule has 0 spiro atoms. The molecule has 0 N–H and O–H groups in total. The van der Waals surface area contributed by atoms with Crippen LogP contribution in [0.2, 0.25) is 0 Å². The third-order valence-corrected chi connectivity index (χ3v) is 4.30. The number of amides is 1. The maximum atomic E-state index is 12.8. The quantitative estimate of drug-likeness (QED) is 0.553. The average Bonchev–Trinajstić information content (AvgIpc) is 3.11. The van der Waals surface area contributed by atoms with Gasteiger partial charge in [0.15, 0.2) is 5.75 Å². The number of ether oxygens (including phenoxy) is 3. The standard InChI is InChI=1S/C16H18N2O6S/c1-17(8-10-5-6-25-9-10)16(19)11-7-12(22-2)14(23-3)15(24-4)13(11)18(20)21/h5-7,9H,8H2,1-4H3. The second-order valence-electron chi connectivity index (χ2n) is 5.09. The number of nitro groups is 1. The van der Waals surface area contributed by atoms with Crippen molar-refractivity contribution in [1.82, 2.24) is 4.90 Å². The number of benzene rings is 1. The van der Waals surface area contributed by atoms with Gasteiger partial charge in [-0.1, -0.05) is 0 Å². The SMILES string of the molecule is COc1cc(C(=O)N(C)Cc2ccsc2)c([N+](=O)[O-])c(OC)c1OC. The molecule has 0 bridgehead atoms. The fourth-order valence-corrected chi connectivity index (χ4v) is 3.08. The molecule has 2 rings (SSSR count). The number of thiophene rings is 1. The summed E-state index contributed by atoms with van der Waals surface area (Å²) in [6, 6.07) is 3.18. The molecule has 1 aromatic carbocycles. The lowest BCUT2D eigenvalue weighted by Gasteiger charge is -2.19. The van der Waals surface area contributed by atoms with Gasteiger partial charge in [-0.05, 0) is 22.4 Å². The highest BCUT2D eigenvalue weighted by molar-refractivity contribution is 7.07. The highest BCUT2D eigenvalue weighted by Crippen LogP contribution is 2.46. The van der Waals surface area contributed by atoms with E-state index in [2.05, 4.69) is 0 Å². The number of rotatable bonds is 7. The lowest BCUT2D eigenvalue weighted by molar-refractivity contribution is -0.386. The number of carbonyl (C=O) groups is 1. The van der Waals surface area contributed by atoms with Gasteiger partial charge in [0.1, 0.15) is 5.56 Å². The molecule has 25 heavy (non-hydrogen) atoms. The van der Waals surface area contributed by atoms with Gasteiger partial charge < -0.3 is 19.1 Å². The minimum Gasteiger partial charge on any atom is -0.493 e. The van der Waals surface area contributed by atoms with Gasteiger partial charge >= 0.3 is 5.69 Å². The van der Waals surface area contributed by atoms with Gasteiger partial charge in [-0.3, -0.25) is 14.9 Å². The van der Waals surface area contributed by atoms with E-state index in [4.69, 9.17) is 14.2 Å². The van der Waals surface area contributed by atoms with Crippen molar-refractivity contribution in [1.29, 1.82) is 0 Å². The van der Waals surface area contributed by atoms with Gasteiger partial charge in [-0.25, -0.2) is 0 Å². The van der Waals surface area contributed by atoms with Crippen LogP contribution in [0.4, 0.5) is 5.69 Å². The van der Waals surface area contributed by atoms with E-state index in [-0.39, 0.29) is 22.8 Å². The monoisotopic (exact) mass is 366 g/mol. The Kier molecular flexibility index (Phi) is 5.81. The molecule has 134 valence electrons. The highest BCUT2D eigenvalue weighted by Gasteiger charge is 2.33. The second kappa shape index (κ2) is 7.84. The number of carbonyl (C=O) groups excluding carboxylic acids is 1. The molecule has 0 atom stereocenters. The Bertz CT molecular complexity index is 775. The van der Waals surface area contributed by atoms with E-state index in [9.17, 15) is 14.9 Å². The Morgan fingerprint density at radius 3 is 2.40 bits per heavy atom. The first-order valence-corrected chi connectivity index (χ1v) is 8.12. The van der Waals surface area contributed by atoms with Crippen molar-refractivity contribution < 1.29 is 23.9 Å². The van der Waals surface area contributed by atoms with Crippen LogP contribution in [-0.2, 0) is 6.54 Å². The molecule has 0 saturated heterocycles. The van der Waals surface area contributed by atoms with Crippen LogP contribution in [0.3, 0.4) is 0 Å². The van der Waals surface area contributed by atoms with Gasteiger partial charge in [0, 0.05) is 19.7 Å². The topological polar surface area (TPSA) is 91.1 Å². The number of nitrogens with zero attached hydrogens (tertiary/aromatic N) is 2. The van der Waals surface area contributed by atoms with Gasteiger partial charge in [0.05, 0.1) is 26.3 Å². The van der Waals surface area contributed by atoms with E-state index < -0.39 is 16.5 Å². The Morgan fingerprint density at radius 1 is 1.24 bits per heavy atom. The number of hydrogen-bond donors (Lipinski definition) is 0. The summed E-state index contributed by atoms with van der Waals surface area (Å²) >= 11 is 1.51. The molecular formula is C16H18N2O6S. The zero-order chi connectivity index (χ0) is 18.6. The molecule has 0 aliphatic rings. The molecule has 0 unspecified atom stereocenters. The van der Waals surface area contributed by atoms with Gasteiger partial charge in [-0.2, -0.15) is 11.3 Å².